The van der Waals surface area contributed by atoms with Gasteiger partial charge in [0.2, 0.25) is 15.9 Å². The van der Waals surface area contributed by atoms with Crippen molar-refractivity contribution in [3.05, 3.63) is 23.2 Å². The van der Waals surface area contributed by atoms with E-state index in [0.29, 0.717) is 18.1 Å². The van der Waals surface area contributed by atoms with E-state index in [1.54, 1.807) is 11.0 Å². The van der Waals surface area contributed by atoms with Crippen LogP contribution in [-0.4, -0.2) is 57.3 Å². The van der Waals surface area contributed by atoms with Gasteiger partial charge in [-0.05, 0) is 31.0 Å². The van der Waals surface area contributed by atoms with Crippen LogP contribution in [0.5, 0.6) is 5.75 Å². The number of halogens is 1. The Morgan fingerprint density at radius 3 is 2.46 bits per heavy atom. The van der Waals surface area contributed by atoms with Crippen molar-refractivity contribution in [2.75, 3.05) is 33.8 Å². The number of sulfonamides is 1. The van der Waals surface area contributed by atoms with Gasteiger partial charge in [-0.2, -0.15) is 4.31 Å². The molecule has 0 radical (unpaired) electrons. The highest BCUT2D eigenvalue weighted by Gasteiger charge is 2.28. The molecule has 1 heterocycles. The number of carbonyl (C=O) groups excluding carboxylic acids is 1. The number of rotatable bonds is 5. The molecule has 1 fully saturated rings. The van der Waals surface area contributed by atoms with Crippen molar-refractivity contribution < 1.29 is 17.9 Å². The van der Waals surface area contributed by atoms with Crippen molar-refractivity contribution in [1.29, 1.82) is 0 Å². The van der Waals surface area contributed by atoms with Gasteiger partial charge >= 0.3 is 0 Å². The Morgan fingerprint density at radius 2 is 1.88 bits per heavy atom. The zero-order valence-electron chi connectivity index (χ0n) is 14.0. The Balaban J connectivity index is 2.17. The maximum absolute atomic E-state index is 12.8. The SMILES string of the molecule is COc1ccc(Cl)cc1S(=O)(=O)N(C)CC(=O)N1CCCCCC1. The van der Waals surface area contributed by atoms with Crippen LogP contribution in [0.4, 0.5) is 0 Å². The van der Waals surface area contributed by atoms with Gasteiger partial charge in [-0.1, -0.05) is 24.4 Å². The number of hydrogen-bond donors (Lipinski definition) is 0. The number of hydrogen-bond acceptors (Lipinski definition) is 4. The fraction of sp³-hybridized carbons (Fsp3) is 0.562. The maximum Gasteiger partial charge on any atom is 0.247 e. The fourth-order valence-corrected chi connectivity index (χ4v) is 4.25. The maximum atomic E-state index is 12.8. The first-order valence-electron chi connectivity index (χ1n) is 7.94. The standard InChI is InChI=1S/C16H23ClN2O4S/c1-18(12-16(20)19-9-5-3-4-6-10-19)24(21,22)15-11-13(17)7-8-14(15)23-2/h7-8,11H,3-6,9-10,12H2,1-2H3. The lowest BCUT2D eigenvalue weighted by Crippen LogP contribution is -2.41. The second-order valence-electron chi connectivity index (χ2n) is 5.85. The van der Waals surface area contributed by atoms with Gasteiger partial charge < -0.3 is 9.64 Å². The van der Waals surface area contributed by atoms with Gasteiger partial charge in [0.15, 0.2) is 0 Å². The van der Waals surface area contributed by atoms with Crippen LogP contribution in [0.2, 0.25) is 5.02 Å². The van der Waals surface area contributed by atoms with E-state index in [2.05, 4.69) is 0 Å². The van der Waals surface area contributed by atoms with Crippen LogP contribution in [0, 0.1) is 0 Å². The topological polar surface area (TPSA) is 66.9 Å². The van der Waals surface area contributed by atoms with Crippen molar-refractivity contribution in [2.45, 2.75) is 30.6 Å². The highest BCUT2D eigenvalue weighted by molar-refractivity contribution is 7.89. The molecule has 0 unspecified atom stereocenters. The van der Waals surface area contributed by atoms with Gasteiger partial charge in [0.25, 0.3) is 0 Å². The lowest BCUT2D eigenvalue weighted by atomic mass is 10.2. The van der Waals surface area contributed by atoms with Crippen LogP contribution in [0.3, 0.4) is 0 Å². The van der Waals surface area contributed by atoms with Crippen LogP contribution in [0.1, 0.15) is 25.7 Å². The van der Waals surface area contributed by atoms with Crippen molar-refractivity contribution in [3.8, 4) is 5.75 Å². The first kappa shape index (κ1) is 19.0. The highest BCUT2D eigenvalue weighted by Crippen LogP contribution is 2.29. The molecule has 1 aromatic rings. The molecule has 134 valence electrons. The normalized spacial score (nSPS) is 16.1. The summed E-state index contributed by atoms with van der Waals surface area (Å²) in [5.41, 5.74) is 0. The quantitative estimate of drug-likeness (QED) is 0.793. The summed E-state index contributed by atoms with van der Waals surface area (Å²) >= 11 is 5.92. The smallest absolute Gasteiger partial charge is 0.247 e. The van der Waals surface area contributed by atoms with Crippen LogP contribution in [0.25, 0.3) is 0 Å². The average Bonchev–Trinajstić information content (AvgIpc) is 2.84. The summed E-state index contributed by atoms with van der Waals surface area (Å²) in [5.74, 6) is 0.0254. The minimum Gasteiger partial charge on any atom is -0.495 e. The average molecular weight is 375 g/mol. The number of amides is 1. The van der Waals surface area contributed by atoms with Gasteiger partial charge in [0, 0.05) is 25.2 Å². The number of methoxy groups -OCH3 is 1. The van der Waals surface area contributed by atoms with Crippen LogP contribution in [-0.2, 0) is 14.8 Å². The van der Waals surface area contributed by atoms with E-state index in [4.69, 9.17) is 16.3 Å². The number of nitrogens with zero attached hydrogens (tertiary/aromatic N) is 2. The van der Waals surface area contributed by atoms with Crippen LogP contribution in [0.15, 0.2) is 23.1 Å². The van der Waals surface area contributed by atoms with Crippen molar-refractivity contribution >= 4 is 27.5 Å². The minimum absolute atomic E-state index is 0.0383. The number of carbonyl (C=O) groups is 1. The Morgan fingerprint density at radius 1 is 1.25 bits per heavy atom. The highest BCUT2D eigenvalue weighted by atomic mass is 35.5. The molecule has 0 N–H and O–H groups in total. The molecule has 1 aromatic carbocycles. The van der Waals surface area contributed by atoms with Crippen molar-refractivity contribution in [2.24, 2.45) is 0 Å². The predicted octanol–water partition coefficient (Wildman–Crippen LogP) is 2.37. The second kappa shape index (κ2) is 8.18. The molecule has 0 aliphatic carbocycles. The first-order chi connectivity index (χ1) is 11.4. The van der Waals surface area contributed by atoms with E-state index < -0.39 is 10.0 Å². The Bertz CT molecular complexity index is 685. The summed E-state index contributed by atoms with van der Waals surface area (Å²) in [6.45, 7) is 1.18. The fourth-order valence-electron chi connectivity index (χ4n) is 2.72. The first-order valence-corrected chi connectivity index (χ1v) is 9.75. The lowest BCUT2D eigenvalue weighted by Gasteiger charge is -2.24. The number of benzene rings is 1. The molecular formula is C16H23ClN2O4S. The van der Waals surface area contributed by atoms with Crippen molar-refractivity contribution in [3.63, 3.8) is 0 Å². The molecule has 1 aliphatic heterocycles. The van der Waals surface area contributed by atoms with E-state index in [9.17, 15) is 13.2 Å². The molecule has 0 spiro atoms. The van der Waals surface area contributed by atoms with E-state index >= 15 is 0 Å². The summed E-state index contributed by atoms with van der Waals surface area (Å²) in [6.07, 6.45) is 4.14. The second-order valence-corrected chi connectivity index (χ2v) is 8.30. The zero-order valence-corrected chi connectivity index (χ0v) is 15.6. The summed E-state index contributed by atoms with van der Waals surface area (Å²) in [7, 11) is -1.08. The summed E-state index contributed by atoms with van der Waals surface area (Å²) < 4.78 is 31.7. The molecule has 0 aromatic heterocycles. The molecular weight excluding hydrogens is 352 g/mol. The molecule has 6 nitrogen and oxygen atoms in total. The van der Waals surface area contributed by atoms with E-state index in [0.717, 1.165) is 30.0 Å². The third kappa shape index (κ3) is 4.40. The van der Waals surface area contributed by atoms with E-state index in [1.165, 1.54) is 26.3 Å². The van der Waals surface area contributed by atoms with Gasteiger partial charge in [-0.3, -0.25) is 4.79 Å². The summed E-state index contributed by atoms with van der Waals surface area (Å²) in [5, 5.41) is 0.293. The largest absolute Gasteiger partial charge is 0.495 e. The minimum atomic E-state index is -3.87. The summed E-state index contributed by atoms with van der Waals surface area (Å²) in [6, 6.07) is 4.39. The molecule has 24 heavy (non-hydrogen) atoms. The zero-order chi connectivity index (χ0) is 17.7. The Labute approximate surface area is 148 Å². The van der Waals surface area contributed by atoms with Crippen LogP contribution >= 0.6 is 11.6 Å². The molecule has 2 rings (SSSR count). The summed E-state index contributed by atoms with van der Waals surface area (Å²) in [4.78, 5) is 14.1. The number of likely N-dealkylation sites (N-methyl/N-ethyl adjacent to an activating group) is 1. The molecule has 0 bridgehead atoms. The van der Waals surface area contributed by atoms with Gasteiger partial charge in [-0.15, -0.1) is 0 Å². The van der Waals surface area contributed by atoms with E-state index in [-0.39, 0.29) is 23.1 Å². The molecule has 0 saturated carbocycles. The monoisotopic (exact) mass is 374 g/mol. The third-order valence-electron chi connectivity index (χ3n) is 4.13. The van der Waals surface area contributed by atoms with Crippen molar-refractivity contribution in [1.82, 2.24) is 9.21 Å². The predicted molar refractivity (Wildman–Crippen MR) is 92.9 cm³/mol. The number of likely N-dealkylation sites (tertiary alicyclic amines) is 1. The third-order valence-corrected chi connectivity index (χ3v) is 6.19. The molecule has 8 heteroatoms. The molecule has 1 saturated heterocycles. The molecule has 0 atom stereocenters. The molecule has 1 amide bonds. The van der Waals surface area contributed by atoms with Gasteiger partial charge in [-0.25, -0.2) is 8.42 Å². The molecule has 1 aliphatic rings. The van der Waals surface area contributed by atoms with Gasteiger partial charge in [0.1, 0.15) is 10.6 Å². The van der Waals surface area contributed by atoms with Crippen LogP contribution < -0.4 is 4.74 Å². The Hall–Kier alpha value is -1.31. The van der Waals surface area contributed by atoms with E-state index in [1.807, 2.05) is 0 Å². The lowest BCUT2D eigenvalue weighted by molar-refractivity contribution is -0.131. The Kier molecular flexibility index (Phi) is 6.48. The van der Waals surface area contributed by atoms with Gasteiger partial charge in [0.05, 0.1) is 13.7 Å². The number of ether oxygens (including phenoxy) is 1.